The van der Waals surface area contributed by atoms with E-state index in [1.54, 1.807) is 7.05 Å². The number of aryl methyl sites for hydroxylation is 1. The Kier molecular flexibility index (Phi) is 3.56. The third-order valence-corrected chi connectivity index (χ3v) is 2.47. The van der Waals surface area contributed by atoms with Crippen LogP contribution >= 0.6 is 0 Å². The van der Waals surface area contributed by atoms with E-state index in [0.717, 1.165) is 17.7 Å². The Morgan fingerprint density at radius 3 is 2.38 bits per heavy atom. The van der Waals surface area contributed by atoms with Crippen LogP contribution in [0.2, 0.25) is 0 Å². The van der Waals surface area contributed by atoms with Gasteiger partial charge in [-0.15, -0.1) is 0 Å². The molecule has 90 valence electrons. The van der Waals surface area contributed by atoms with Gasteiger partial charge in [-0.05, 0) is 23.8 Å². The highest BCUT2D eigenvalue weighted by atomic mass is 16.1. The maximum absolute atomic E-state index is 11.8. The summed E-state index contributed by atoms with van der Waals surface area (Å²) < 4.78 is 1.45. The number of nitrogens with zero attached hydrogens (tertiary/aromatic N) is 2. The Balaban J connectivity index is 3.20. The normalized spacial score (nSPS) is 12.2. The lowest BCUT2D eigenvalue weighted by molar-refractivity contribution is 0.400. The third kappa shape index (κ3) is 3.19. The van der Waals surface area contributed by atoms with E-state index in [1.165, 1.54) is 4.68 Å². The molecule has 0 radical (unpaired) electrons. The smallest absolute Gasteiger partial charge is 0.268 e. The summed E-state index contributed by atoms with van der Waals surface area (Å²) in [6.45, 7) is 10.6. The molecule has 1 aromatic rings. The summed E-state index contributed by atoms with van der Waals surface area (Å²) in [7, 11) is 1.72. The molecule has 3 nitrogen and oxygen atoms in total. The van der Waals surface area contributed by atoms with Crippen molar-refractivity contribution in [1.82, 2.24) is 9.78 Å². The molecule has 1 heterocycles. The van der Waals surface area contributed by atoms with E-state index in [1.807, 2.05) is 19.9 Å². The largest absolute Gasteiger partial charge is 0.269 e. The van der Waals surface area contributed by atoms with Gasteiger partial charge >= 0.3 is 0 Å². The fourth-order valence-corrected chi connectivity index (χ4v) is 1.74. The van der Waals surface area contributed by atoms with Crippen LogP contribution in [-0.2, 0) is 13.5 Å². The fourth-order valence-electron chi connectivity index (χ4n) is 1.74. The highest BCUT2D eigenvalue weighted by Crippen LogP contribution is 2.20. The van der Waals surface area contributed by atoms with Gasteiger partial charge in [0.05, 0.1) is 5.69 Å². The summed E-state index contributed by atoms with van der Waals surface area (Å²) in [5.74, 6) is 0.250. The molecule has 0 spiro atoms. The molecule has 16 heavy (non-hydrogen) atoms. The lowest BCUT2D eigenvalue weighted by atomic mass is 9.89. The first-order valence-corrected chi connectivity index (χ1v) is 5.78. The minimum atomic E-state index is 0.0210. The molecule has 0 N–H and O–H groups in total. The van der Waals surface area contributed by atoms with Gasteiger partial charge in [0.25, 0.3) is 5.56 Å². The van der Waals surface area contributed by atoms with Gasteiger partial charge in [0, 0.05) is 12.6 Å². The molecule has 0 aliphatic carbocycles. The topological polar surface area (TPSA) is 34.9 Å². The van der Waals surface area contributed by atoms with Crippen LogP contribution in [0.4, 0.5) is 0 Å². The van der Waals surface area contributed by atoms with Gasteiger partial charge in [-0.2, -0.15) is 5.10 Å². The van der Waals surface area contributed by atoms with Gasteiger partial charge in [-0.25, -0.2) is 4.68 Å². The quantitative estimate of drug-likeness (QED) is 0.770. The number of rotatable bonds is 2. The Bertz CT molecular complexity index is 425. The molecule has 0 aliphatic rings. The summed E-state index contributed by atoms with van der Waals surface area (Å²) in [5.41, 5.74) is 2.07. The molecule has 0 atom stereocenters. The Morgan fingerprint density at radius 2 is 1.94 bits per heavy atom. The molecule has 0 bridgehead atoms. The zero-order chi connectivity index (χ0) is 12.5. The monoisotopic (exact) mass is 222 g/mol. The zero-order valence-electron chi connectivity index (χ0n) is 11.2. The van der Waals surface area contributed by atoms with Crippen molar-refractivity contribution in [3.05, 3.63) is 27.7 Å². The second kappa shape index (κ2) is 4.40. The van der Waals surface area contributed by atoms with Crippen molar-refractivity contribution in [3.63, 3.8) is 0 Å². The lowest BCUT2D eigenvalue weighted by Crippen LogP contribution is -2.26. The fraction of sp³-hybridized carbons (Fsp3) is 0.692. The predicted molar refractivity (Wildman–Crippen MR) is 66.7 cm³/mol. The SMILES string of the molecule is CC(C)c1cc(CC(C)(C)C)nn(C)c1=O. The molecule has 0 fully saturated rings. The molecule has 0 unspecified atom stereocenters. The summed E-state index contributed by atoms with van der Waals surface area (Å²) in [5, 5.41) is 4.31. The first-order valence-electron chi connectivity index (χ1n) is 5.78. The highest BCUT2D eigenvalue weighted by Gasteiger charge is 2.15. The molecular formula is C13H22N2O. The van der Waals surface area contributed by atoms with Crippen molar-refractivity contribution in [3.8, 4) is 0 Å². The summed E-state index contributed by atoms with van der Waals surface area (Å²) in [6, 6.07) is 1.96. The third-order valence-electron chi connectivity index (χ3n) is 2.47. The maximum Gasteiger partial charge on any atom is 0.269 e. The van der Waals surface area contributed by atoms with Crippen molar-refractivity contribution < 1.29 is 0 Å². The predicted octanol–water partition coefficient (Wildman–Crippen LogP) is 2.49. The molecule has 0 aromatic carbocycles. The second-order valence-electron chi connectivity index (χ2n) is 5.91. The Morgan fingerprint density at radius 1 is 1.38 bits per heavy atom. The van der Waals surface area contributed by atoms with E-state index in [0.29, 0.717) is 0 Å². The van der Waals surface area contributed by atoms with E-state index in [2.05, 4.69) is 25.9 Å². The van der Waals surface area contributed by atoms with Crippen molar-refractivity contribution in [2.75, 3.05) is 0 Å². The first-order chi connectivity index (χ1) is 7.20. The average Bonchev–Trinajstić information content (AvgIpc) is 2.07. The van der Waals surface area contributed by atoms with Crippen LogP contribution in [0.1, 0.15) is 51.8 Å². The Labute approximate surface area is 97.5 Å². The molecular weight excluding hydrogens is 200 g/mol. The summed E-state index contributed by atoms with van der Waals surface area (Å²) in [6.07, 6.45) is 0.890. The summed E-state index contributed by atoms with van der Waals surface area (Å²) in [4.78, 5) is 11.8. The molecule has 0 saturated carbocycles. The van der Waals surface area contributed by atoms with E-state index >= 15 is 0 Å². The molecule has 1 aromatic heterocycles. The van der Waals surface area contributed by atoms with Crippen LogP contribution in [0.3, 0.4) is 0 Å². The number of hydrogen-bond acceptors (Lipinski definition) is 2. The minimum Gasteiger partial charge on any atom is -0.268 e. The van der Waals surface area contributed by atoms with Crippen LogP contribution in [0.5, 0.6) is 0 Å². The molecule has 0 aliphatic heterocycles. The minimum absolute atomic E-state index is 0.0210. The molecule has 0 saturated heterocycles. The zero-order valence-corrected chi connectivity index (χ0v) is 11.2. The van der Waals surface area contributed by atoms with Crippen LogP contribution < -0.4 is 5.56 Å². The molecule has 1 rings (SSSR count). The van der Waals surface area contributed by atoms with E-state index in [-0.39, 0.29) is 16.9 Å². The molecule has 0 amide bonds. The van der Waals surface area contributed by atoms with Gasteiger partial charge in [0.1, 0.15) is 0 Å². The highest BCUT2D eigenvalue weighted by molar-refractivity contribution is 5.17. The van der Waals surface area contributed by atoms with Crippen molar-refractivity contribution in [1.29, 1.82) is 0 Å². The van der Waals surface area contributed by atoms with Crippen LogP contribution in [0.15, 0.2) is 10.9 Å². The lowest BCUT2D eigenvalue weighted by Gasteiger charge is -2.18. The number of hydrogen-bond donors (Lipinski definition) is 0. The van der Waals surface area contributed by atoms with Crippen molar-refractivity contribution in [2.24, 2.45) is 12.5 Å². The van der Waals surface area contributed by atoms with E-state index in [9.17, 15) is 4.79 Å². The van der Waals surface area contributed by atoms with Crippen molar-refractivity contribution in [2.45, 2.75) is 47.0 Å². The van der Waals surface area contributed by atoms with Gasteiger partial charge in [-0.3, -0.25) is 4.79 Å². The first kappa shape index (κ1) is 12.9. The van der Waals surface area contributed by atoms with E-state index in [4.69, 9.17) is 0 Å². The Hall–Kier alpha value is -1.12. The maximum atomic E-state index is 11.8. The van der Waals surface area contributed by atoms with Gasteiger partial charge in [0.15, 0.2) is 0 Å². The van der Waals surface area contributed by atoms with Crippen molar-refractivity contribution >= 4 is 0 Å². The van der Waals surface area contributed by atoms with Crippen LogP contribution in [0, 0.1) is 5.41 Å². The van der Waals surface area contributed by atoms with Crippen LogP contribution in [0.25, 0.3) is 0 Å². The van der Waals surface area contributed by atoms with Gasteiger partial charge in [0.2, 0.25) is 0 Å². The van der Waals surface area contributed by atoms with Crippen LogP contribution in [-0.4, -0.2) is 9.78 Å². The van der Waals surface area contributed by atoms with E-state index < -0.39 is 0 Å². The second-order valence-corrected chi connectivity index (χ2v) is 5.91. The standard InChI is InChI=1S/C13H22N2O/c1-9(2)11-7-10(8-13(3,4)5)14-15(6)12(11)16/h7,9H,8H2,1-6H3. The van der Waals surface area contributed by atoms with Gasteiger partial charge in [-0.1, -0.05) is 34.6 Å². The average molecular weight is 222 g/mol. The van der Waals surface area contributed by atoms with Gasteiger partial charge < -0.3 is 0 Å². The molecule has 3 heteroatoms. The number of aromatic nitrogens is 2. The summed E-state index contributed by atoms with van der Waals surface area (Å²) >= 11 is 0.